The molecule has 0 aliphatic carbocycles. The molecule has 1 aliphatic rings. The molecule has 4 aromatic rings. The van der Waals surface area contributed by atoms with E-state index in [4.69, 9.17) is 9.47 Å². The molecule has 1 aliphatic heterocycles. The van der Waals surface area contributed by atoms with Crippen LogP contribution in [0.1, 0.15) is 5.56 Å². The maximum Gasteiger partial charge on any atom is 0.262 e. The van der Waals surface area contributed by atoms with Gasteiger partial charge in [-0.15, -0.1) is 0 Å². The van der Waals surface area contributed by atoms with Crippen LogP contribution < -0.4 is 20.3 Å². The number of nitrogens with one attached hydrogen (secondary N) is 1. The van der Waals surface area contributed by atoms with Gasteiger partial charge in [0.2, 0.25) is 5.91 Å². The molecule has 34 heavy (non-hydrogen) atoms. The quantitative estimate of drug-likeness (QED) is 0.326. The third kappa shape index (κ3) is 4.92. The molecule has 1 atom stereocenters. The lowest BCUT2D eigenvalue weighted by molar-refractivity contribution is -0.118. The van der Waals surface area contributed by atoms with E-state index < -0.39 is 0 Å². The summed E-state index contributed by atoms with van der Waals surface area (Å²) in [5.74, 6) is 1.35. The number of carbonyl (C=O) groups excluding carboxylic acids is 1. The highest BCUT2D eigenvalue weighted by atomic mass is 32.2. The zero-order chi connectivity index (χ0) is 23.3. The molecule has 5 rings (SSSR count). The van der Waals surface area contributed by atoms with Crippen molar-refractivity contribution in [1.29, 1.82) is 0 Å². The predicted octanol–water partition coefficient (Wildman–Crippen LogP) is 3.65. The van der Waals surface area contributed by atoms with Crippen molar-refractivity contribution in [2.45, 2.75) is 24.3 Å². The van der Waals surface area contributed by atoms with Gasteiger partial charge in [-0.25, -0.2) is 4.98 Å². The van der Waals surface area contributed by atoms with Crippen LogP contribution in [0.4, 0.5) is 0 Å². The molecule has 0 bridgehead atoms. The van der Waals surface area contributed by atoms with E-state index in [0.29, 0.717) is 40.7 Å². The Morgan fingerprint density at radius 1 is 1.00 bits per heavy atom. The molecule has 1 amide bonds. The molecular formula is C26H23N3O4S. The van der Waals surface area contributed by atoms with Gasteiger partial charge in [0.25, 0.3) is 5.56 Å². The lowest BCUT2D eigenvalue weighted by Gasteiger charge is -2.27. The van der Waals surface area contributed by atoms with Crippen molar-refractivity contribution in [3.05, 3.63) is 94.8 Å². The summed E-state index contributed by atoms with van der Waals surface area (Å²) in [5.41, 5.74) is 1.46. The number of nitrogens with zero attached hydrogens (tertiary/aromatic N) is 2. The van der Waals surface area contributed by atoms with Crippen LogP contribution in [-0.2, 0) is 17.9 Å². The van der Waals surface area contributed by atoms with Crippen LogP contribution in [0.25, 0.3) is 10.9 Å². The lowest BCUT2D eigenvalue weighted by Crippen LogP contribution is -2.37. The fourth-order valence-corrected chi connectivity index (χ4v) is 4.59. The van der Waals surface area contributed by atoms with Gasteiger partial charge in [0.05, 0.1) is 23.2 Å². The first-order valence-corrected chi connectivity index (χ1v) is 12.0. The zero-order valence-corrected chi connectivity index (χ0v) is 19.2. The standard InChI is InChI=1S/C26H23N3O4S/c30-24(27-14-18-8-2-1-3-9-18)17-34-26-28-21-11-5-4-10-20(21)25(31)29(26)15-19-16-32-22-12-6-7-13-23(22)33-19/h1-13,19H,14-17H2,(H,27,30)/t19-/m0/s1. The van der Waals surface area contributed by atoms with Gasteiger partial charge in [-0.2, -0.15) is 0 Å². The molecule has 8 heteroatoms. The molecule has 2 heterocycles. The number of benzene rings is 3. The Hall–Kier alpha value is -3.78. The molecule has 0 radical (unpaired) electrons. The fourth-order valence-electron chi connectivity index (χ4n) is 3.75. The summed E-state index contributed by atoms with van der Waals surface area (Å²) in [4.78, 5) is 30.5. The minimum atomic E-state index is -0.359. The molecule has 1 N–H and O–H groups in total. The number of thioether (sulfide) groups is 1. The summed E-state index contributed by atoms with van der Waals surface area (Å²) < 4.78 is 13.5. The summed E-state index contributed by atoms with van der Waals surface area (Å²) in [6, 6.07) is 24.4. The molecule has 0 unspecified atom stereocenters. The summed E-state index contributed by atoms with van der Waals surface area (Å²) in [6.07, 6.45) is -0.359. The third-order valence-corrected chi connectivity index (χ3v) is 6.42. The van der Waals surface area contributed by atoms with Crippen LogP contribution in [0, 0.1) is 0 Å². The Balaban J connectivity index is 1.35. The van der Waals surface area contributed by atoms with Crippen molar-refractivity contribution < 1.29 is 14.3 Å². The van der Waals surface area contributed by atoms with Gasteiger partial charge in [0, 0.05) is 6.54 Å². The molecule has 0 saturated carbocycles. The Labute approximate surface area is 200 Å². The second-order valence-corrected chi connectivity index (χ2v) is 8.82. The monoisotopic (exact) mass is 473 g/mol. The summed E-state index contributed by atoms with van der Waals surface area (Å²) in [6.45, 7) is 1.03. The van der Waals surface area contributed by atoms with Gasteiger partial charge >= 0.3 is 0 Å². The average Bonchev–Trinajstić information content (AvgIpc) is 2.88. The SMILES string of the molecule is O=C(CSc1nc2ccccc2c(=O)n1C[C@H]1COc2ccccc2O1)NCc1ccccc1. The Kier molecular flexibility index (Phi) is 6.49. The van der Waals surface area contributed by atoms with Gasteiger partial charge in [0.1, 0.15) is 6.61 Å². The number of carbonyl (C=O) groups is 1. The van der Waals surface area contributed by atoms with Gasteiger partial charge in [-0.1, -0.05) is 66.4 Å². The number of ether oxygens (including phenoxy) is 2. The van der Waals surface area contributed by atoms with Crippen LogP contribution in [-0.4, -0.2) is 33.9 Å². The number of rotatable bonds is 7. The number of fused-ring (bicyclic) bond motifs is 2. The van der Waals surface area contributed by atoms with Gasteiger partial charge in [0.15, 0.2) is 22.8 Å². The van der Waals surface area contributed by atoms with E-state index in [9.17, 15) is 9.59 Å². The van der Waals surface area contributed by atoms with Crippen LogP contribution in [0.5, 0.6) is 11.5 Å². The molecular weight excluding hydrogens is 450 g/mol. The summed E-state index contributed by atoms with van der Waals surface area (Å²) in [5, 5.41) is 3.91. The number of amides is 1. The third-order valence-electron chi connectivity index (χ3n) is 5.45. The van der Waals surface area contributed by atoms with Crippen LogP contribution in [0.3, 0.4) is 0 Å². The minimum absolute atomic E-state index is 0.131. The highest BCUT2D eigenvalue weighted by Crippen LogP contribution is 2.31. The smallest absolute Gasteiger partial charge is 0.262 e. The normalized spacial score (nSPS) is 14.6. The lowest BCUT2D eigenvalue weighted by atomic mass is 10.2. The van der Waals surface area contributed by atoms with Crippen molar-refractivity contribution in [1.82, 2.24) is 14.9 Å². The first-order valence-electron chi connectivity index (χ1n) is 11.0. The van der Waals surface area contributed by atoms with Gasteiger partial charge in [-0.05, 0) is 29.8 Å². The first kappa shape index (κ1) is 22.0. The van der Waals surface area contributed by atoms with Crippen molar-refractivity contribution in [3.8, 4) is 11.5 Å². The molecule has 0 spiro atoms. The number of aromatic nitrogens is 2. The summed E-state index contributed by atoms with van der Waals surface area (Å²) >= 11 is 1.24. The summed E-state index contributed by atoms with van der Waals surface area (Å²) in [7, 11) is 0. The second kappa shape index (κ2) is 10.0. The van der Waals surface area contributed by atoms with E-state index in [1.54, 1.807) is 16.7 Å². The van der Waals surface area contributed by atoms with Crippen LogP contribution >= 0.6 is 11.8 Å². The Morgan fingerprint density at radius 2 is 1.74 bits per heavy atom. The van der Waals surface area contributed by atoms with Crippen molar-refractivity contribution >= 4 is 28.6 Å². The predicted molar refractivity (Wildman–Crippen MR) is 131 cm³/mol. The van der Waals surface area contributed by atoms with Crippen molar-refractivity contribution in [2.75, 3.05) is 12.4 Å². The number of para-hydroxylation sites is 3. The number of hydrogen-bond acceptors (Lipinski definition) is 6. The van der Waals surface area contributed by atoms with Crippen LogP contribution in [0.15, 0.2) is 88.8 Å². The van der Waals surface area contributed by atoms with E-state index in [1.807, 2.05) is 66.7 Å². The molecule has 0 fully saturated rings. The van der Waals surface area contributed by atoms with Gasteiger partial charge in [-0.3, -0.25) is 14.2 Å². The first-order chi connectivity index (χ1) is 16.7. The molecule has 0 saturated heterocycles. The Morgan fingerprint density at radius 3 is 2.59 bits per heavy atom. The molecule has 172 valence electrons. The molecule has 3 aromatic carbocycles. The topological polar surface area (TPSA) is 82.5 Å². The van der Waals surface area contributed by atoms with E-state index in [2.05, 4.69) is 10.3 Å². The molecule has 1 aromatic heterocycles. The minimum Gasteiger partial charge on any atom is -0.486 e. The maximum atomic E-state index is 13.3. The zero-order valence-electron chi connectivity index (χ0n) is 18.3. The maximum absolute atomic E-state index is 13.3. The van der Waals surface area contributed by atoms with Crippen molar-refractivity contribution in [3.63, 3.8) is 0 Å². The fraction of sp³-hybridized carbons (Fsp3) is 0.192. The average molecular weight is 474 g/mol. The van der Waals surface area contributed by atoms with E-state index >= 15 is 0 Å². The second-order valence-electron chi connectivity index (χ2n) is 7.88. The highest BCUT2D eigenvalue weighted by Gasteiger charge is 2.24. The van der Waals surface area contributed by atoms with Crippen molar-refractivity contribution in [2.24, 2.45) is 0 Å². The van der Waals surface area contributed by atoms with E-state index in [-0.39, 0.29) is 29.9 Å². The van der Waals surface area contributed by atoms with E-state index in [1.165, 1.54) is 11.8 Å². The van der Waals surface area contributed by atoms with E-state index in [0.717, 1.165) is 5.56 Å². The number of hydrogen-bond donors (Lipinski definition) is 1. The largest absolute Gasteiger partial charge is 0.486 e. The molecule has 7 nitrogen and oxygen atoms in total. The Bertz CT molecular complexity index is 1370. The van der Waals surface area contributed by atoms with Gasteiger partial charge < -0.3 is 14.8 Å². The highest BCUT2D eigenvalue weighted by molar-refractivity contribution is 7.99. The van der Waals surface area contributed by atoms with Crippen LogP contribution in [0.2, 0.25) is 0 Å².